The minimum absolute atomic E-state index is 0.287. The van der Waals surface area contributed by atoms with Crippen LogP contribution in [0.25, 0.3) is 0 Å². The van der Waals surface area contributed by atoms with Crippen molar-refractivity contribution in [1.82, 2.24) is 4.72 Å². The molecule has 0 aromatic heterocycles. The van der Waals surface area contributed by atoms with E-state index >= 15 is 0 Å². The van der Waals surface area contributed by atoms with E-state index in [0.717, 1.165) is 11.8 Å². The predicted molar refractivity (Wildman–Crippen MR) is 73.9 cm³/mol. The summed E-state index contributed by atoms with van der Waals surface area (Å²) in [5.41, 5.74) is -0.453. The average Bonchev–Trinajstić information content (AvgIpc) is 2.35. The van der Waals surface area contributed by atoms with Crippen LogP contribution in [0.1, 0.15) is 19.4 Å². The second-order valence-electron chi connectivity index (χ2n) is 3.91. The highest BCUT2D eigenvalue weighted by molar-refractivity contribution is 7.99. The molecule has 1 atom stereocenters. The van der Waals surface area contributed by atoms with E-state index in [1.807, 2.05) is 6.92 Å². The average molecular weight is 302 g/mol. The number of nitrogens with zero attached hydrogens (tertiary/aromatic N) is 1. The molecule has 0 heterocycles. The van der Waals surface area contributed by atoms with Crippen molar-refractivity contribution in [2.24, 2.45) is 0 Å². The molecule has 7 heteroatoms. The van der Waals surface area contributed by atoms with Gasteiger partial charge in [0.25, 0.3) is 0 Å². The number of hydrogen-bond acceptors (Lipinski definition) is 4. The molecule has 0 radical (unpaired) electrons. The molecular formula is C12H15FN2O2S2. The first kappa shape index (κ1) is 16.0. The minimum Gasteiger partial charge on any atom is -0.207 e. The molecule has 1 rings (SSSR count). The molecule has 0 aliphatic rings. The molecule has 0 fully saturated rings. The monoisotopic (exact) mass is 302 g/mol. The van der Waals surface area contributed by atoms with Crippen molar-refractivity contribution < 1.29 is 12.8 Å². The highest BCUT2D eigenvalue weighted by Crippen LogP contribution is 2.18. The lowest BCUT2D eigenvalue weighted by atomic mass is 10.2. The lowest BCUT2D eigenvalue weighted by Crippen LogP contribution is -2.34. The molecule has 0 aliphatic heterocycles. The SMILES string of the molecule is CCSCC(C)NS(=O)(=O)c1cccc(F)c1C#N. The molecular weight excluding hydrogens is 287 g/mol. The summed E-state index contributed by atoms with van der Waals surface area (Å²) in [6.07, 6.45) is 0. The fourth-order valence-electron chi connectivity index (χ4n) is 1.49. The van der Waals surface area contributed by atoms with Crippen LogP contribution in [0.2, 0.25) is 0 Å². The molecule has 1 aromatic carbocycles. The van der Waals surface area contributed by atoms with Gasteiger partial charge in [-0.2, -0.15) is 17.0 Å². The van der Waals surface area contributed by atoms with Gasteiger partial charge in [-0.1, -0.05) is 13.0 Å². The van der Waals surface area contributed by atoms with Gasteiger partial charge in [0.15, 0.2) is 0 Å². The molecule has 1 aromatic rings. The fraction of sp³-hybridized carbons (Fsp3) is 0.417. The van der Waals surface area contributed by atoms with E-state index in [0.29, 0.717) is 5.75 Å². The number of nitrogens with one attached hydrogen (secondary N) is 1. The van der Waals surface area contributed by atoms with Crippen LogP contribution in [0, 0.1) is 17.1 Å². The zero-order valence-corrected chi connectivity index (χ0v) is 12.3. The lowest BCUT2D eigenvalue weighted by molar-refractivity contribution is 0.567. The van der Waals surface area contributed by atoms with Gasteiger partial charge in [0.05, 0.1) is 0 Å². The Balaban J connectivity index is 3.02. The Morgan fingerprint density at radius 2 is 2.21 bits per heavy atom. The van der Waals surface area contributed by atoms with Crippen molar-refractivity contribution in [2.75, 3.05) is 11.5 Å². The van der Waals surface area contributed by atoms with Gasteiger partial charge in [-0.15, -0.1) is 0 Å². The minimum atomic E-state index is -3.88. The second kappa shape index (κ2) is 6.89. The van der Waals surface area contributed by atoms with Gasteiger partial charge in [0.2, 0.25) is 10.0 Å². The predicted octanol–water partition coefficient (Wildman–Crippen LogP) is 2.12. The Kier molecular flexibility index (Phi) is 5.79. The number of benzene rings is 1. The Hall–Kier alpha value is -1.10. The summed E-state index contributed by atoms with van der Waals surface area (Å²) in [6, 6.07) is 4.86. The molecule has 19 heavy (non-hydrogen) atoms. The smallest absolute Gasteiger partial charge is 0.207 e. The van der Waals surface area contributed by atoms with Gasteiger partial charge in [0, 0.05) is 11.8 Å². The molecule has 0 saturated heterocycles. The summed E-state index contributed by atoms with van der Waals surface area (Å²) in [7, 11) is -3.88. The molecule has 104 valence electrons. The van der Waals surface area contributed by atoms with Crippen molar-refractivity contribution in [3.63, 3.8) is 0 Å². The normalized spacial score (nSPS) is 12.9. The van der Waals surface area contributed by atoms with Crippen LogP contribution in [0.4, 0.5) is 4.39 Å². The van der Waals surface area contributed by atoms with Crippen LogP contribution in [-0.2, 0) is 10.0 Å². The van der Waals surface area contributed by atoms with Crippen LogP contribution in [0.15, 0.2) is 23.1 Å². The molecule has 0 saturated carbocycles. The van der Waals surface area contributed by atoms with Gasteiger partial charge in [-0.3, -0.25) is 0 Å². The summed E-state index contributed by atoms with van der Waals surface area (Å²) >= 11 is 1.60. The Morgan fingerprint density at radius 3 is 2.79 bits per heavy atom. The summed E-state index contributed by atoms with van der Waals surface area (Å²) < 4.78 is 40.0. The molecule has 1 unspecified atom stereocenters. The largest absolute Gasteiger partial charge is 0.242 e. The number of nitriles is 1. The van der Waals surface area contributed by atoms with E-state index < -0.39 is 21.4 Å². The first-order valence-electron chi connectivity index (χ1n) is 5.71. The molecule has 0 amide bonds. The van der Waals surface area contributed by atoms with Crippen molar-refractivity contribution in [3.05, 3.63) is 29.6 Å². The molecule has 1 N–H and O–H groups in total. The van der Waals surface area contributed by atoms with Crippen LogP contribution < -0.4 is 4.72 Å². The molecule has 0 bridgehead atoms. The number of rotatable bonds is 6. The highest BCUT2D eigenvalue weighted by Gasteiger charge is 2.22. The van der Waals surface area contributed by atoms with E-state index in [1.165, 1.54) is 12.1 Å². The first-order valence-corrected chi connectivity index (χ1v) is 8.34. The Bertz CT molecular complexity index is 582. The second-order valence-corrected chi connectivity index (χ2v) is 6.91. The van der Waals surface area contributed by atoms with Crippen LogP contribution in [-0.4, -0.2) is 26.0 Å². The zero-order chi connectivity index (χ0) is 14.5. The topological polar surface area (TPSA) is 70.0 Å². The quantitative estimate of drug-likeness (QED) is 0.874. The third kappa shape index (κ3) is 4.20. The summed E-state index contributed by atoms with van der Waals surface area (Å²) in [5, 5.41) is 8.85. The van der Waals surface area contributed by atoms with E-state index in [-0.39, 0.29) is 10.9 Å². The summed E-state index contributed by atoms with van der Waals surface area (Å²) in [4.78, 5) is -0.316. The van der Waals surface area contributed by atoms with Crippen LogP contribution >= 0.6 is 11.8 Å². The molecule has 0 aliphatic carbocycles. The van der Waals surface area contributed by atoms with Crippen LogP contribution in [0.5, 0.6) is 0 Å². The van der Waals surface area contributed by atoms with Crippen molar-refractivity contribution in [3.8, 4) is 6.07 Å². The van der Waals surface area contributed by atoms with Gasteiger partial charge < -0.3 is 0 Å². The van der Waals surface area contributed by atoms with E-state index in [1.54, 1.807) is 24.8 Å². The molecule has 4 nitrogen and oxygen atoms in total. The van der Waals surface area contributed by atoms with Gasteiger partial charge in [-0.05, 0) is 24.8 Å². The zero-order valence-electron chi connectivity index (χ0n) is 10.7. The highest BCUT2D eigenvalue weighted by atomic mass is 32.2. The van der Waals surface area contributed by atoms with Crippen molar-refractivity contribution in [1.29, 1.82) is 5.26 Å². The maximum Gasteiger partial charge on any atom is 0.242 e. The summed E-state index contributed by atoms with van der Waals surface area (Å²) in [5.74, 6) is 0.670. The number of sulfonamides is 1. The Labute approximate surface area is 117 Å². The summed E-state index contributed by atoms with van der Waals surface area (Å²) in [6.45, 7) is 3.71. The maximum atomic E-state index is 13.4. The van der Waals surface area contributed by atoms with Gasteiger partial charge in [-0.25, -0.2) is 17.5 Å². The number of halogens is 1. The molecule has 0 spiro atoms. The third-order valence-corrected chi connectivity index (χ3v) is 5.08. The van der Waals surface area contributed by atoms with E-state index in [4.69, 9.17) is 5.26 Å². The van der Waals surface area contributed by atoms with Gasteiger partial charge in [0.1, 0.15) is 22.3 Å². The standard InChI is InChI=1S/C12H15FN2O2S2/c1-3-18-8-9(2)15-19(16,17)12-6-4-5-11(13)10(12)7-14/h4-6,9,15H,3,8H2,1-2H3. The van der Waals surface area contributed by atoms with Gasteiger partial charge >= 0.3 is 0 Å². The van der Waals surface area contributed by atoms with E-state index in [2.05, 4.69) is 4.72 Å². The fourth-order valence-corrected chi connectivity index (χ4v) is 3.68. The first-order chi connectivity index (χ1) is 8.92. The van der Waals surface area contributed by atoms with E-state index in [9.17, 15) is 12.8 Å². The number of hydrogen-bond donors (Lipinski definition) is 1. The van der Waals surface area contributed by atoms with Crippen LogP contribution in [0.3, 0.4) is 0 Å². The Morgan fingerprint density at radius 1 is 1.53 bits per heavy atom. The van der Waals surface area contributed by atoms with Crippen molar-refractivity contribution >= 4 is 21.8 Å². The number of thioether (sulfide) groups is 1. The third-order valence-electron chi connectivity index (χ3n) is 2.31. The maximum absolute atomic E-state index is 13.4. The van der Waals surface area contributed by atoms with Crippen molar-refractivity contribution in [2.45, 2.75) is 24.8 Å². The lowest BCUT2D eigenvalue weighted by Gasteiger charge is -2.14.